The van der Waals surface area contributed by atoms with E-state index in [1.165, 1.54) is 0 Å². The van der Waals surface area contributed by atoms with Crippen LogP contribution in [-0.4, -0.2) is 11.7 Å². The number of aryl methyl sites for hydroxylation is 1. The number of benzene rings is 2. The van der Waals surface area contributed by atoms with Crippen LogP contribution < -0.4 is 5.32 Å². The molecule has 2 rings (SSSR count). The zero-order valence-electron chi connectivity index (χ0n) is 12.0. The molecule has 0 saturated carbocycles. The van der Waals surface area contributed by atoms with Crippen LogP contribution in [0.5, 0.6) is 0 Å². The second-order valence-electron chi connectivity index (χ2n) is 4.82. The Bertz CT molecular complexity index is 696. The van der Waals surface area contributed by atoms with Gasteiger partial charge in [0.05, 0.1) is 12.0 Å². The van der Waals surface area contributed by atoms with Crippen molar-refractivity contribution in [2.45, 2.75) is 19.8 Å². The van der Waals surface area contributed by atoms with E-state index in [4.69, 9.17) is 0 Å². The van der Waals surface area contributed by atoms with Crippen LogP contribution in [0, 0.1) is 11.6 Å². The van der Waals surface area contributed by atoms with Gasteiger partial charge in [0, 0.05) is 11.8 Å². The highest BCUT2D eigenvalue weighted by Crippen LogP contribution is 2.14. The molecule has 0 atom stereocenters. The third-order valence-electron chi connectivity index (χ3n) is 3.20. The lowest BCUT2D eigenvalue weighted by Gasteiger charge is -2.06. The van der Waals surface area contributed by atoms with E-state index in [0.717, 1.165) is 24.1 Å². The van der Waals surface area contributed by atoms with Crippen LogP contribution >= 0.6 is 0 Å². The van der Waals surface area contributed by atoms with Gasteiger partial charge in [0.1, 0.15) is 11.6 Å². The molecule has 0 aromatic heterocycles. The Morgan fingerprint density at radius 3 is 2.32 bits per heavy atom. The quantitative estimate of drug-likeness (QED) is 0.675. The van der Waals surface area contributed by atoms with E-state index in [-0.39, 0.29) is 5.56 Å². The molecule has 0 bridgehead atoms. The number of amides is 1. The maximum atomic E-state index is 13.5. The van der Waals surface area contributed by atoms with E-state index in [1.54, 1.807) is 12.1 Å². The average molecular weight is 303 g/mol. The number of halogens is 2. The first-order valence-corrected chi connectivity index (χ1v) is 6.86. The predicted octanol–water partition coefficient (Wildman–Crippen LogP) is 3.74. The predicted molar refractivity (Wildman–Crippen MR) is 79.8 cm³/mol. The van der Waals surface area contributed by atoms with Gasteiger partial charge >= 0.3 is 0 Å². The zero-order chi connectivity index (χ0) is 16.1. The van der Waals surface area contributed by atoms with Crippen molar-refractivity contribution in [3.05, 3.63) is 65.2 Å². The minimum atomic E-state index is -0.968. The molecule has 0 aliphatic carbocycles. The second-order valence-corrected chi connectivity index (χ2v) is 4.82. The van der Waals surface area contributed by atoms with Gasteiger partial charge in [0.2, 0.25) is 5.91 Å². The van der Waals surface area contributed by atoms with Crippen molar-refractivity contribution in [3.63, 3.8) is 0 Å². The minimum Gasteiger partial charge on any atom is -0.326 e. The summed E-state index contributed by atoms with van der Waals surface area (Å²) in [6, 6.07) is 9.86. The van der Waals surface area contributed by atoms with E-state index in [0.29, 0.717) is 11.8 Å². The van der Waals surface area contributed by atoms with Crippen molar-refractivity contribution < 1.29 is 18.4 Å². The lowest BCUT2D eigenvalue weighted by Crippen LogP contribution is -2.17. The molecule has 0 aliphatic heterocycles. The molecule has 2 aromatic carbocycles. The molecule has 114 valence electrons. The molecule has 0 fully saturated rings. The third kappa shape index (κ3) is 3.97. The topological polar surface area (TPSA) is 46.2 Å². The molecule has 3 nitrogen and oxygen atoms in total. The van der Waals surface area contributed by atoms with Gasteiger partial charge < -0.3 is 5.32 Å². The Morgan fingerprint density at radius 1 is 1.05 bits per heavy atom. The van der Waals surface area contributed by atoms with Gasteiger partial charge in [-0.3, -0.25) is 9.59 Å². The summed E-state index contributed by atoms with van der Waals surface area (Å²) in [6.07, 6.45) is 0.384. The fourth-order valence-corrected chi connectivity index (χ4v) is 1.99. The normalized spacial score (nSPS) is 10.3. The van der Waals surface area contributed by atoms with Crippen LogP contribution in [0.15, 0.2) is 42.5 Å². The van der Waals surface area contributed by atoms with Crippen LogP contribution in [0.2, 0.25) is 0 Å². The highest BCUT2D eigenvalue weighted by atomic mass is 19.1. The average Bonchev–Trinajstić information content (AvgIpc) is 2.47. The van der Waals surface area contributed by atoms with E-state index >= 15 is 0 Å². The second kappa shape index (κ2) is 6.93. The Labute approximate surface area is 127 Å². The molecule has 0 heterocycles. The van der Waals surface area contributed by atoms with Crippen molar-refractivity contribution in [2.24, 2.45) is 0 Å². The molecular weight excluding hydrogens is 288 g/mol. The Hall–Kier alpha value is -2.56. The summed E-state index contributed by atoms with van der Waals surface area (Å²) in [5.41, 5.74) is 1.40. The number of Topliss-reactive ketones (excluding diaryl/α,β-unsaturated/α-hetero) is 1. The number of carbonyl (C=O) groups excluding carboxylic acids is 2. The Balaban J connectivity index is 2.00. The van der Waals surface area contributed by atoms with E-state index < -0.39 is 29.7 Å². The molecule has 1 amide bonds. The van der Waals surface area contributed by atoms with Gasteiger partial charge in [0.15, 0.2) is 5.78 Å². The maximum Gasteiger partial charge on any atom is 0.232 e. The van der Waals surface area contributed by atoms with E-state index in [1.807, 2.05) is 19.1 Å². The van der Waals surface area contributed by atoms with Crippen LogP contribution in [-0.2, 0) is 11.2 Å². The van der Waals surface area contributed by atoms with Crippen LogP contribution in [0.1, 0.15) is 29.3 Å². The van der Waals surface area contributed by atoms with Crippen molar-refractivity contribution >= 4 is 17.4 Å². The number of hydrogen-bond acceptors (Lipinski definition) is 2. The summed E-state index contributed by atoms with van der Waals surface area (Å²) in [4.78, 5) is 23.7. The van der Waals surface area contributed by atoms with Crippen LogP contribution in [0.3, 0.4) is 0 Å². The third-order valence-corrected chi connectivity index (χ3v) is 3.20. The van der Waals surface area contributed by atoms with Crippen molar-refractivity contribution in [3.8, 4) is 0 Å². The number of carbonyl (C=O) groups is 2. The van der Waals surface area contributed by atoms with Crippen molar-refractivity contribution in [2.75, 3.05) is 5.32 Å². The molecular formula is C17H15F2NO2. The summed E-state index contributed by atoms with van der Waals surface area (Å²) < 4.78 is 26.3. The zero-order valence-corrected chi connectivity index (χ0v) is 12.0. The molecule has 2 aromatic rings. The molecule has 22 heavy (non-hydrogen) atoms. The van der Waals surface area contributed by atoms with Gasteiger partial charge in [-0.05, 0) is 36.2 Å². The molecule has 5 heteroatoms. The molecule has 0 aliphatic rings. The first kappa shape index (κ1) is 15.8. The first-order valence-electron chi connectivity index (χ1n) is 6.86. The van der Waals surface area contributed by atoms with Gasteiger partial charge in [-0.25, -0.2) is 8.78 Å². The summed E-state index contributed by atoms with van der Waals surface area (Å²) in [7, 11) is 0. The minimum absolute atomic E-state index is 0.294. The molecule has 0 spiro atoms. The fraction of sp³-hybridized carbons (Fsp3) is 0.176. The smallest absolute Gasteiger partial charge is 0.232 e. The summed E-state index contributed by atoms with van der Waals surface area (Å²) in [6.45, 7) is 2.02. The number of ketones is 1. The Morgan fingerprint density at radius 2 is 1.73 bits per heavy atom. The maximum absolute atomic E-state index is 13.5. The molecule has 1 N–H and O–H groups in total. The fourth-order valence-electron chi connectivity index (χ4n) is 1.99. The lowest BCUT2D eigenvalue weighted by molar-refractivity contribution is -0.115. The number of nitrogens with one attached hydrogen (secondary N) is 1. The summed E-state index contributed by atoms with van der Waals surface area (Å²) in [5.74, 6) is -2.97. The van der Waals surface area contributed by atoms with Crippen molar-refractivity contribution in [1.82, 2.24) is 0 Å². The standard InChI is InChI=1S/C17H15F2NO2/c1-2-11-3-6-13(7-4-11)20-17(22)10-16(21)14-8-5-12(18)9-15(14)19/h3-9H,2,10H2,1H3,(H,20,22). The van der Waals surface area contributed by atoms with Crippen LogP contribution in [0.4, 0.5) is 14.5 Å². The summed E-state index contributed by atoms with van der Waals surface area (Å²) in [5, 5.41) is 2.57. The van der Waals surface area contributed by atoms with E-state index in [2.05, 4.69) is 5.32 Å². The SMILES string of the molecule is CCc1ccc(NC(=O)CC(=O)c2ccc(F)cc2F)cc1. The number of anilines is 1. The number of rotatable bonds is 5. The monoisotopic (exact) mass is 303 g/mol. The van der Waals surface area contributed by atoms with Crippen molar-refractivity contribution in [1.29, 1.82) is 0 Å². The molecule has 0 radical (unpaired) electrons. The lowest BCUT2D eigenvalue weighted by atomic mass is 10.1. The van der Waals surface area contributed by atoms with Crippen LogP contribution in [0.25, 0.3) is 0 Å². The van der Waals surface area contributed by atoms with Gasteiger partial charge in [-0.2, -0.15) is 0 Å². The summed E-state index contributed by atoms with van der Waals surface area (Å²) >= 11 is 0. The molecule has 0 unspecified atom stereocenters. The Kier molecular flexibility index (Phi) is 4.99. The number of hydrogen-bond donors (Lipinski definition) is 1. The highest BCUT2D eigenvalue weighted by molar-refractivity contribution is 6.11. The largest absolute Gasteiger partial charge is 0.326 e. The van der Waals surface area contributed by atoms with E-state index in [9.17, 15) is 18.4 Å². The first-order chi connectivity index (χ1) is 10.5. The van der Waals surface area contributed by atoms with Gasteiger partial charge in [0.25, 0.3) is 0 Å². The van der Waals surface area contributed by atoms with Gasteiger partial charge in [-0.1, -0.05) is 19.1 Å². The van der Waals surface area contributed by atoms with Gasteiger partial charge in [-0.15, -0.1) is 0 Å². The molecule has 0 saturated heterocycles. The highest BCUT2D eigenvalue weighted by Gasteiger charge is 2.16.